The summed E-state index contributed by atoms with van der Waals surface area (Å²) in [7, 11) is -2.65. The first kappa shape index (κ1) is 19.4. The van der Waals surface area contributed by atoms with Gasteiger partial charge in [-0.3, -0.25) is 14.2 Å². The van der Waals surface area contributed by atoms with E-state index < -0.39 is 26.6 Å². The van der Waals surface area contributed by atoms with Crippen molar-refractivity contribution in [3.63, 3.8) is 0 Å². The van der Waals surface area contributed by atoms with Crippen LogP contribution in [0.1, 0.15) is 5.56 Å². The number of hydrogen-bond acceptors (Lipinski definition) is 6. The number of fused-ring (bicyclic) bond motifs is 1. The third-order valence-electron chi connectivity index (χ3n) is 4.01. The highest BCUT2D eigenvalue weighted by Gasteiger charge is 2.19. The van der Waals surface area contributed by atoms with Crippen LogP contribution in [0.2, 0.25) is 0 Å². The molecule has 2 heterocycles. The van der Waals surface area contributed by atoms with Gasteiger partial charge >= 0.3 is 0 Å². The first-order chi connectivity index (χ1) is 13.3. The van der Waals surface area contributed by atoms with Crippen molar-refractivity contribution in [2.24, 2.45) is 0 Å². The number of carbonyl (C=O) groups excluding carboxylic acids is 1. The van der Waals surface area contributed by atoms with Crippen molar-refractivity contribution in [2.75, 3.05) is 12.4 Å². The molecule has 0 aliphatic heterocycles. The number of nitrogens with zero attached hydrogens (tertiary/aromatic N) is 3. The topological polar surface area (TPSA) is 123 Å². The minimum Gasteiger partial charge on any atom is -0.322 e. The highest BCUT2D eigenvalue weighted by atomic mass is 32.2. The molecule has 144 valence electrons. The van der Waals surface area contributed by atoms with E-state index in [1.807, 2.05) is 0 Å². The average Bonchev–Trinajstić information content (AvgIpc) is 2.67. The van der Waals surface area contributed by atoms with Crippen LogP contribution >= 0.6 is 0 Å². The van der Waals surface area contributed by atoms with Crippen LogP contribution in [0, 0.1) is 6.92 Å². The Hall–Kier alpha value is -3.37. The van der Waals surface area contributed by atoms with Crippen LogP contribution in [-0.4, -0.2) is 35.9 Å². The molecule has 0 saturated carbocycles. The number of nitrogens with one attached hydrogen (secondary N) is 2. The van der Waals surface area contributed by atoms with Crippen molar-refractivity contribution in [2.45, 2.75) is 12.1 Å². The Bertz CT molecular complexity index is 1260. The summed E-state index contributed by atoms with van der Waals surface area (Å²) >= 11 is 0. The van der Waals surface area contributed by atoms with Gasteiger partial charge in [0.05, 0.1) is 5.69 Å². The van der Waals surface area contributed by atoms with E-state index in [-0.39, 0.29) is 5.65 Å². The van der Waals surface area contributed by atoms with Crippen molar-refractivity contribution >= 4 is 32.7 Å². The summed E-state index contributed by atoms with van der Waals surface area (Å²) in [5, 5.41) is 2.69. The van der Waals surface area contributed by atoms with Gasteiger partial charge in [0.1, 0.15) is 0 Å². The van der Waals surface area contributed by atoms with Crippen LogP contribution < -0.4 is 15.6 Å². The zero-order chi connectivity index (χ0) is 20.5. The Balaban J connectivity index is 2.30. The number of pyridine rings is 1. The fourth-order valence-electron chi connectivity index (χ4n) is 2.62. The Labute approximate surface area is 160 Å². The molecule has 0 bridgehead atoms. The molecule has 28 heavy (non-hydrogen) atoms. The summed E-state index contributed by atoms with van der Waals surface area (Å²) in [5.74, 6) is -0.400. The minimum absolute atomic E-state index is 0.140. The maximum atomic E-state index is 12.7. The molecule has 2 N–H and O–H groups in total. The van der Waals surface area contributed by atoms with Gasteiger partial charge in [-0.05, 0) is 43.8 Å². The third kappa shape index (κ3) is 3.55. The predicted molar refractivity (Wildman–Crippen MR) is 105 cm³/mol. The number of aromatic nitrogens is 3. The molecule has 0 aliphatic carbocycles. The lowest BCUT2D eigenvalue weighted by atomic mass is 10.2. The molecule has 0 fully saturated rings. The zero-order valence-corrected chi connectivity index (χ0v) is 15.9. The molecule has 0 aliphatic rings. The monoisotopic (exact) mass is 399 g/mol. The largest absolute Gasteiger partial charge is 0.322 e. The number of sulfonamides is 1. The van der Waals surface area contributed by atoms with Crippen molar-refractivity contribution in [1.29, 1.82) is 0 Å². The molecule has 9 nitrogen and oxygen atoms in total. The third-order valence-corrected chi connectivity index (χ3v) is 5.22. The SMILES string of the molecule is C=CC(=O)Nc1cccc(-n2c(=O)cc(C)c3cnc(S(=O)(=O)NC)nc32)c1. The van der Waals surface area contributed by atoms with Crippen molar-refractivity contribution in [3.8, 4) is 5.69 Å². The predicted octanol–water partition coefficient (Wildman–Crippen LogP) is 1.12. The van der Waals surface area contributed by atoms with Crippen LogP contribution in [0.3, 0.4) is 0 Å². The van der Waals surface area contributed by atoms with E-state index in [4.69, 9.17) is 0 Å². The maximum absolute atomic E-state index is 12.7. The zero-order valence-electron chi connectivity index (χ0n) is 15.1. The summed E-state index contributed by atoms with van der Waals surface area (Å²) < 4.78 is 27.6. The van der Waals surface area contributed by atoms with Gasteiger partial charge in [0.2, 0.25) is 5.91 Å². The van der Waals surface area contributed by atoms with Gasteiger partial charge in [0.25, 0.3) is 20.7 Å². The van der Waals surface area contributed by atoms with Gasteiger partial charge in [-0.25, -0.2) is 18.1 Å². The van der Waals surface area contributed by atoms with E-state index in [0.717, 1.165) is 6.08 Å². The second-order valence-electron chi connectivity index (χ2n) is 5.84. The Kier molecular flexibility index (Phi) is 5.08. The normalized spacial score (nSPS) is 11.4. The number of amides is 1. The number of hydrogen-bond donors (Lipinski definition) is 2. The van der Waals surface area contributed by atoms with Gasteiger partial charge in [-0.15, -0.1) is 0 Å². The van der Waals surface area contributed by atoms with Crippen LogP contribution in [0.4, 0.5) is 5.69 Å². The molecule has 10 heteroatoms. The lowest BCUT2D eigenvalue weighted by Crippen LogP contribution is -2.24. The highest BCUT2D eigenvalue weighted by molar-refractivity contribution is 7.89. The summed E-state index contributed by atoms with van der Waals surface area (Å²) in [5.41, 5.74) is 1.20. The Morgan fingerprint density at radius 1 is 1.29 bits per heavy atom. The summed E-state index contributed by atoms with van der Waals surface area (Å²) in [4.78, 5) is 32.3. The first-order valence-electron chi connectivity index (χ1n) is 8.13. The molecule has 0 atom stereocenters. The quantitative estimate of drug-likeness (QED) is 0.490. The fourth-order valence-corrected chi connectivity index (χ4v) is 3.20. The molecule has 1 amide bonds. The molecule has 3 rings (SSSR count). The molecule has 2 aromatic heterocycles. The van der Waals surface area contributed by atoms with Crippen LogP contribution in [0.5, 0.6) is 0 Å². The smallest absolute Gasteiger partial charge is 0.276 e. The van der Waals surface area contributed by atoms with Crippen LogP contribution in [-0.2, 0) is 14.8 Å². The van der Waals surface area contributed by atoms with Crippen LogP contribution in [0.15, 0.2) is 59.1 Å². The van der Waals surface area contributed by atoms with Gasteiger partial charge in [-0.2, -0.15) is 4.98 Å². The molecular formula is C18H17N5O4S. The second-order valence-corrected chi connectivity index (χ2v) is 7.62. The van der Waals surface area contributed by atoms with E-state index in [1.165, 1.54) is 23.9 Å². The number of aryl methyl sites for hydroxylation is 1. The molecule has 1 aromatic carbocycles. The summed E-state index contributed by atoms with van der Waals surface area (Å²) in [6.07, 6.45) is 2.49. The van der Waals surface area contributed by atoms with Gasteiger partial charge in [0.15, 0.2) is 5.65 Å². The summed E-state index contributed by atoms with van der Waals surface area (Å²) in [6.45, 7) is 5.11. The van der Waals surface area contributed by atoms with Crippen molar-refractivity contribution in [1.82, 2.24) is 19.3 Å². The molecular weight excluding hydrogens is 382 g/mol. The Morgan fingerprint density at radius 3 is 2.71 bits per heavy atom. The Morgan fingerprint density at radius 2 is 2.04 bits per heavy atom. The average molecular weight is 399 g/mol. The number of rotatable bonds is 5. The first-order valence-corrected chi connectivity index (χ1v) is 9.62. The van der Waals surface area contributed by atoms with E-state index in [2.05, 4.69) is 26.6 Å². The van der Waals surface area contributed by atoms with E-state index in [1.54, 1.807) is 31.2 Å². The summed E-state index contributed by atoms with van der Waals surface area (Å²) in [6, 6.07) is 7.93. The number of benzene rings is 1. The highest BCUT2D eigenvalue weighted by Crippen LogP contribution is 2.20. The molecule has 0 spiro atoms. The fraction of sp³-hybridized carbons (Fsp3) is 0.111. The standard InChI is InChI=1S/C18H17N5O4S/c1-4-15(24)21-12-6-5-7-13(9-12)23-16(25)8-11(2)14-10-20-18(22-17(14)23)28(26,27)19-3/h4-10,19H,1H2,2-3H3,(H,21,24). The molecule has 0 radical (unpaired) electrons. The van der Waals surface area contributed by atoms with Gasteiger partial charge in [0, 0.05) is 23.3 Å². The van der Waals surface area contributed by atoms with E-state index >= 15 is 0 Å². The van der Waals surface area contributed by atoms with Gasteiger partial charge in [-0.1, -0.05) is 12.6 Å². The second kappa shape index (κ2) is 7.33. The van der Waals surface area contributed by atoms with Crippen molar-refractivity contribution in [3.05, 3.63) is 65.1 Å². The molecule has 0 saturated heterocycles. The van der Waals surface area contributed by atoms with Gasteiger partial charge < -0.3 is 5.32 Å². The minimum atomic E-state index is -3.90. The maximum Gasteiger partial charge on any atom is 0.276 e. The number of anilines is 1. The van der Waals surface area contributed by atoms with E-state index in [0.29, 0.717) is 22.3 Å². The molecule has 3 aromatic rings. The molecule has 0 unspecified atom stereocenters. The van der Waals surface area contributed by atoms with E-state index in [9.17, 15) is 18.0 Å². The van der Waals surface area contributed by atoms with Crippen LogP contribution in [0.25, 0.3) is 16.7 Å². The lowest BCUT2D eigenvalue weighted by Gasteiger charge is -2.13. The van der Waals surface area contributed by atoms with Crippen molar-refractivity contribution < 1.29 is 13.2 Å². The lowest BCUT2D eigenvalue weighted by molar-refractivity contribution is -0.111. The number of carbonyl (C=O) groups is 1.